The summed E-state index contributed by atoms with van der Waals surface area (Å²) in [5, 5.41) is 9.06. The molecule has 7 heteroatoms. The van der Waals surface area contributed by atoms with Gasteiger partial charge >= 0.3 is 0 Å². The van der Waals surface area contributed by atoms with Gasteiger partial charge in [0.1, 0.15) is 16.5 Å². The maximum absolute atomic E-state index is 13.7. The number of hydrogen-bond donors (Lipinski definition) is 1. The van der Waals surface area contributed by atoms with Gasteiger partial charge in [0.25, 0.3) is 0 Å². The van der Waals surface area contributed by atoms with Crippen molar-refractivity contribution in [2.75, 3.05) is 13.2 Å². The number of halogens is 2. The first-order valence-corrected chi connectivity index (χ1v) is 7.98. The maximum atomic E-state index is 13.7. The molecule has 1 aliphatic rings. The zero-order valence-corrected chi connectivity index (χ0v) is 11.7. The molecule has 1 aliphatic carbocycles. The Hall–Kier alpha value is -1.05. The van der Waals surface area contributed by atoms with Crippen LogP contribution in [0.2, 0.25) is 0 Å². The number of rotatable bonds is 5. The Morgan fingerprint density at radius 2 is 1.90 bits per heavy atom. The summed E-state index contributed by atoms with van der Waals surface area (Å²) in [4.78, 5) is -0.669. The van der Waals surface area contributed by atoms with Crippen molar-refractivity contribution in [3.63, 3.8) is 0 Å². The Morgan fingerprint density at radius 1 is 1.25 bits per heavy atom. The minimum absolute atomic E-state index is 0.108. The van der Waals surface area contributed by atoms with Gasteiger partial charge in [-0.2, -0.15) is 4.31 Å². The van der Waals surface area contributed by atoms with E-state index < -0.39 is 26.6 Å². The number of benzene rings is 1. The summed E-state index contributed by atoms with van der Waals surface area (Å²) >= 11 is 0. The van der Waals surface area contributed by atoms with Gasteiger partial charge in [-0.05, 0) is 31.0 Å². The van der Waals surface area contributed by atoms with Crippen LogP contribution >= 0.6 is 0 Å². The van der Waals surface area contributed by atoms with Crippen LogP contribution in [0.3, 0.4) is 0 Å². The van der Waals surface area contributed by atoms with Gasteiger partial charge in [-0.3, -0.25) is 0 Å². The minimum atomic E-state index is -4.14. The molecule has 0 saturated heterocycles. The first-order valence-electron chi connectivity index (χ1n) is 6.54. The lowest BCUT2D eigenvalue weighted by molar-refractivity contribution is 0.226. The van der Waals surface area contributed by atoms with E-state index in [1.807, 2.05) is 0 Å². The lowest BCUT2D eigenvalue weighted by Crippen LogP contribution is -2.41. The van der Waals surface area contributed by atoms with E-state index in [0.29, 0.717) is 18.9 Å². The molecule has 0 aliphatic heterocycles. The second-order valence-electron chi connectivity index (χ2n) is 4.85. The molecule has 2 rings (SSSR count). The van der Waals surface area contributed by atoms with E-state index in [1.54, 1.807) is 0 Å². The summed E-state index contributed by atoms with van der Waals surface area (Å²) in [5.41, 5.74) is 0. The third kappa shape index (κ3) is 2.99. The van der Waals surface area contributed by atoms with Crippen molar-refractivity contribution in [1.82, 2.24) is 4.31 Å². The Bertz CT molecular complexity index is 571. The van der Waals surface area contributed by atoms with Crippen LogP contribution in [0.5, 0.6) is 0 Å². The van der Waals surface area contributed by atoms with Crippen molar-refractivity contribution in [3.8, 4) is 0 Å². The zero-order valence-electron chi connectivity index (χ0n) is 10.9. The molecule has 1 saturated carbocycles. The van der Waals surface area contributed by atoms with Crippen LogP contribution in [0.15, 0.2) is 23.1 Å². The van der Waals surface area contributed by atoms with Crippen molar-refractivity contribution in [2.24, 2.45) is 0 Å². The van der Waals surface area contributed by atoms with Crippen molar-refractivity contribution in [3.05, 3.63) is 29.8 Å². The molecule has 0 radical (unpaired) electrons. The number of nitrogens with zero attached hydrogens (tertiary/aromatic N) is 1. The fourth-order valence-corrected chi connectivity index (χ4v) is 4.34. The molecule has 0 aromatic heterocycles. The average molecular weight is 305 g/mol. The Balaban J connectivity index is 2.41. The van der Waals surface area contributed by atoms with Crippen molar-refractivity contribution in [2.45, 2.75) is 36.6 Å². The number of aliphatic hydroxyl groups is 1. The molecule has 1 fully saturated rings. The molecule has 0 heterocycles. The molecule has 0 amide bonds. The SMILES string of the molecule is O=S(=O)(c1cc(F)ccc1F)N(CCO)C1CCCC1. The van der Waals surface area contributed by atoms with Gasteiger partial charge in [-0.15, -0.1) is 0 Å². The van der Waals surface area contributed by atoms with Crippen LogP contribution in [0.1, 0.15) is 25.7 Å². The smallest absolute Gasteiger partial charge is 0.246 e. The maximum Gasteiger partial charge on any atom is 0.246 e. The van der Waals surface area contributed by atoms with Gasteiger partial charge in [0.2, 0.25) is 10.0 Å². The van der Waals surface area contributed by atoms with Crippen molar-refractivity contribution in [1.29, 1.82) is 0 Å². The summed E-state index contributed by atoms with van der Waals surface area (Å²) < 4.78 is 53.0. The van der Waals surface area contributed by atoms with E-state index >= 15 is 0 Å². The third-order valence-electron chi connectivity index (χ3n) is 3.53. The molecule has 0 spiro atoms. The van der Waals surface area contributed by atoms with Crippen LogP contribution < -0.4 is 0 Å². The predicted molar refractivity (Wildman–Crippen MR) is 69.6 cm³/mol. The van der Waals surface area contributed by atoms with Crippen LogP contribution in [0.25, 0.3) is 0 Å². The topological polar surface area (TPSA) is 57.6 Å². The molecule has 0 atom stereocenters. The summed E-state index contributed by atoms with van der Waals surface area (Å²) in [5.74, 6) is -1.78. The minimum Gasteiger partial charge on any atom is -0.395 e. The Kier molecular flexibility index (Phi) is 4.72. The average Bonchev–Trinajstić information content (AvgIpc) is 2.92. The van der Waals surface area contributed by atoms with Gasteiger partial charge in [0, 0.05) is 12.6 Å². The molecule has 112 valence electrons. The summed E-state index contributed by atoms with van der Waals surface area (Å²) in [6.45, 7) is -0.463. The molecular weight excluding hydrogens is 288 g/mol. The Morgan fingerprint density at radius 3 is 2.50 bits per heavy atom. The van der Waals surface area contributed by atoms with Crippen molar-refractivity contribution < 1.29 is 22.3 Å². The lowest BCUT2D eigenvalue weighted by Gasteiger charge is -2.27. The van der Waals surface area contributed by atoms with E-state index in [4.69, 9.17) is 5.11 Å². The molecule has 1 aromatic carbocycles. The largest absolute Gasteiger partial charge is 0.395 e. The molecule has 1 N–H and O–H groups in total. The summed E-state index contributed by atoms with van der Waals surface area (Å²) in [6.07, 6.45) is 3.15. The first kappa shape index (κ1) is 15.3. The number of aliphatic hydroxyl groups excluding tert-OH is 1. The predicted octanol–water partition coefficient (Wildman–Crippen LogP) is 1.89. The molecule has 4 nitrogen and oxygen atoms in total. The second-order valence-corrected chi connectivity index (χ2v) is 6.71. The molecule has 0 bridgehead atoms. The van der Waals surface area contributed by atoms with Gasteiger partial charge in [-0.1, -0.05) is 12.8 Å². The molecule has 20 heavy (non-hydrogen) atoms. The van der Waals surface area contributed by atoms with Crippen LogP contribution in [-0.2, 0) is 10.0 Å². The molecule has 0 unspecified atom stereocenters. The van der Waals surface area contributed by atoms with Crippen LogP contribution in [0, 0.1) is 11.6 Å². The van der Waals surface area contributed by atoms with E-state index in [1.165, 1.54) is 0 Å². The highest BCUT2D eigenvalue weighted by Crippen LogP contribution is 2.29. The highest BCUT2D eigenvalue weighted by Gasteiger charge is 2.34. The second kappa shape index (κ2) is 6.15. The zero-order chi connectivity index (χ0) is 14.8. The lowest BCUT2D eigenvalue weighted by atomic mass is 10.2. The Labute approximate surface area is 117 Å². The van der Waals surface area contributed by atoms with Gasteiger partial charge in [0.05, 0.1) is 6.61 Å². The van der Waals surface area contributed by atoms with E-state index in [2.05, 4.69) is 0 Å². The van der Waals surface area contributed by atoms with Crippen LogP contribution in [0.4, 0.5) is 8.78 Å². The van der Waals surface area contributed by atoms with E-state index in [-0.39, 0.29) is 19.2 Å². The highest BCUT2D eigenvalue weighted by molar-refractivity contribution is 7.89. The van der Waals surface area contributed by atoms with E-state index in [9.17, 15) is 17.2 Å². The monoisotopic (exact) mass is 305 g/mol. The molecular formula is C13H17F2NO3S. The summed E-state index contributed by atoms with van der Waals surface area (Å²) in [7, 11) is -4.14. The normalized spacial score (nSPS) is 17.0. The first-order chi connectivity index (χ1) is 9.46. The molecule has 1 aromatic rings. The van der Waals surface area contributed by atoms with Gasteiger partial charge < -0.3 is 5.11 Å². The fourth-order valence-electron chi connectivity index (χ4n) is 2.59. The van der Waals surface area contributed by atoms with Gasteiger partial charge in [0.15, 0.2) is 0 Å². The highest BCUT2D eigenvalue weighted by atomic mass is 32.2. The third-order valence-corrected chi connectivity index (χ3v) is 5.50. The van der Waals surface area contributed by atoms with Gasteiger partial charge in [-0.25, -0.2) is 17.2 Å². The standard InChI is InChI=1S/C13H17F2NO3S/c14-10-5-6-12(15)13(9-10)20(18,19)16(7-8-17)11-3-1-2-4-11/h5-6,9,11,17H,1-4,7-8H2. The van der Waals surface area contributed by atoms with Crippen LogP contribution in [-0.4, -0.2) is 37.0 Å². The van der Waals surface area contributed by atoms with E-state index in [0.717, 1.165) is 29.3 Å². The number of hydrogen-bond acceptors (Lipinski definition) is 3. The summed E-state index contributed by atoms with van der Waals surface area (Å²) in [6, 6.07) is 2.10. The number of sulfonamides is 1. The quantitative estimate of drug-likeness (QED) is 0.904. The fraction of sp³-hybridized carbons (Fsp3) is 0.538. The van der Waals surface area contributed by atoms with Crippen molar-refractivity contribution >= 4 is 10.0 Å².